The summed E-state index contributed by atoms with van der Waals surface area (Å²) in [5, 5.41) is 0. The summed E-state index contributed by atoms with van der Waals surface area (Å²) in [5.41, 5.74) is -0.916. The van der Waals surface area contributed by atoms with Crippen LogP contribution >= 0.6 is 15.9 Å². The second-order valence-corrected chi connectivity index (χ2v) is 3.21. The molecule has 0 aliphatic rings. The van der Waals surface area contributed by atoms with Gasteiger partial charge in [0, 0.05) is 12.4 Å². The van der Waals surface area contributed by atoms with Crippen LogP contribution < -0.4 is 5.69 Å². The second-order valence-electron chi connectivity index (χ2n) is 2.30. The second kappa shape index (κ2) is 3.49. The van der Waals surface area contributed by atoms with Crippen molar-refractivity contribution in [3.63, 3.8) is 0 Å². The third-order valence-corrected chi connectivity index (χ3v) is 1.58. The van der Waals surface area contributed by atoms with Gasteiger partial charge in [-0.15, -0.1) is 0 Å². The number of rotatable bonds is 1. The topological polar surface area (TPSA) is 34.9 Å². The molecule has 0 atom stereocenters. The van der Waals surface area contributed by atoms with Crippen LogP contribution in [0.25, 0.3) is 0 Å². The van der Waals surface area contributed by atoms with Crippen molar-refractivity contribution in [2.45, 2.75) is 12.7 Å². The van der Waals surface area contributed by atoms with Gasteiger partial charge in [-0.2, -0.15) is 13.2 Å². The predicted octanol–water partition coefficient (Wildman–Crippen LogP) is 1.57. The molecule has 13 heavy (non-hydrogen) atoms. The lowest BCUT2D eigenvalue weighted by molar-refractivity contribution is -0.141. The molecular weight excluding hydrogens is 253 g/mol. The average Bonchev–Trinajstić information content (AvgIpc) is 1.94. The van der Waals surface area contributed by atoms with E-state index in [1.165, 1.54) is 0 Å². The minimum Gasteiger partial charge on any atom is -0.289 e. The summed E-state index contributed by atoms with van der Waals surface area (Å²) in [7, 11) is 0. The van der Waals surface area contributed by atoms with Crippen LogP contribution in [0.5, 0.6) is 0 Å². The van der Waals surface area contributed by atoms with Crippen LogP contribution in [0.2, 0.25) is 0 Å². The lowest BCUT2D eigenvalue weighted by atomic mass is 10.5. The Morgan fingerprint density at radius 1 is 1.54 bits per heavy atom. The molecule has 0 saturated heterocycles. The lowest BCUT2D eigenvalue weighted by Gasteiger charge is -2.07. The monoisotopic (exact) mass is 256 g/mol. The first-order valence-electron chi connectivity index (χ1n) is 3.17. The summed E-state index contributed by atoms with van der Waals surface area (Å²) in [4.78, 5) is 14.0. The van der Waals surface area contributed by atoms with Crippen LogP contribution in [-0.4, -0.2) is 15.7 Å². The standard InChI is InChI=1S/C6H4BrF3N2O/c7-4-1-11-5(13)12(2-4)3-6(8,9)10/h1-2H,3H2. The molecule has 0 bridgehead atoms. The van der Waals surface area contributed by atoms with Gasteiger partial charge in [-0.1, -0.05) is 0 Å². The number of halogens is 4. The summed E-state index contributed by atoms with van der Waals surface area (Å²) in [6, 6.07) is 0. The third kappa shape index (κ3) is 3.17. The maximum atomic E-state index is 11.9. The van der Waals surface area contributed by atoms with Crippen LogP contribution in [0, 0.1) is 0 Å². The van der Waals surface area contributed by atoms with Crippen molar-refractivity contribution in [3.05, 3.63) is 27.4 Å². The van der Waals surface area contributed by atoms with Crippen molar-refractivity contribution in [3.8, 4) is 0 Å². The van der Waals surface area contributed by atoms with Gasteiger partial charge in [-0.3, -0.25) is 4.57 Å². The molecule has 0 radical (unpaired) electrons. The molecule has 0 aliphatic heterocycles. The number of aromatic nitrogens is 2. The third-order valence-electron chi connectivity index (χ3n) is 1.17. The molecule has 72 valence electrons. The molecule has 0 amide bonds. The van der Waals surface area contributed by atoms with Crippen molar-refractivity contribution >= 4 is 15.9 Å². The first-order valence-corrected chi connectivity index (χ1v) is 3.96. The van der Waals surface area contributed by atoms with Crippen LogP contribution in [0.3, 0.4) is 0 Å². The van der Waals surface area contributed by atoms with Gasteiger partial charge in [-0.05, 0) is 15.9 Å². The Balaban J connectivity index is 3.01. The molecular formula is C6H4BrF3N2O. The van der Waals surface area contributed by atoms with Crippen molar-refractivity contribution in [2.24, 2.45) is 0 Å². The summed E-state index contributed by atoms with van der Waals surface area (Å²) in [5.74, 6) is 0. The van der Waals surface area contributed by atoms with Crippen molar-refractivity contribution in [1.29, 1.82) is 0 Å². The lowest BCUT2D eigenvalue weighted by Crippen LogP contribution is -2.29. The SMILES string of the molecule is O=c1ncc(Br)cn1CC(F)(F)F. The van der Waals surface area contributed by atoms with E-state index in [2.05, 4.69) is 20.9 Å². The van der Waals surface area contributed by atoms with E-state index in [1.807, 2.05) is 0 Å². The molecule has 1 heterocycles. The van der Waals surface area contributed by atoms with Crippen molar-refractivity contribution in [2.75, 3.05) is 0 Å². The van der Waals surface area contributed by atoms with Crippen LogP contribution in [0.1, 0.15) is 0 Å². The van der Waals surface area contributed by atoms with Crippen LogP contribution in [-0.2, 0) is 6.54 Å². The number of nitrogens with zero attached hydrogens (tertiary/aromatic N) is 2. The highest BCUT2D eigenvalue weighted by Crippen LogP contribution is 2.16. The molecule has 7 heteroatoms. The summed E-state index contributed by atoms with van der Waals surface area (Å²) in [6.07, 6.45) is -2.22. The number of hydrogen-bond donors (Lipinski definition) is 0. The van der Waals surface area contributed by atoms with Gasteiger partial charge in [0.05, 0.1) is 4.47 Å². The molecule has 0 spiro atoms. The molecule has 0 fully saturated rings. The Morgan fingerprint density at radius 3 is 2.69 bits per heavy atom. The molecule has 0 aliphatic carbocycles. The van der Waals surface area contributed by atoms with E-state index in [0.29, 0.717) is 9.04 Å². The van der Waals surface area contributed by atoms with Crippen molar-refractivity contribution in [1.82, 2.24) is 9.55 Å². The minimum atomic E-state index is -4.41. The minimum absolute atomic E-state index is 0.330. The van der Waals surface area contributed by atoms with E-state index in [4.69, 9.17) is 0 Å². The normalized spacial score (nSPS) is 11.7. The van der Waals surface area contributed by atoms with E-state index in [0.717, 1.165) is 12.4 Å². The zero-order valence-electron chi connectivity index (χ0n) is 6.18. The molecule has 0 aromatic carbocycles. The molecule has 0 unspecified atom stereocenters. The Kier molecular flexibility index (Phi) is 2.74. The predicted molar refractivity (Wildman–Crippen MR) is 42.3 cm³/mol. The molecule has 1 rings (SSSR count). The summed E-state index contributed by atoms with van der Waals surface area (Å²) < 4.78 is 36.4. The van der Waals surface area contributed by atoms with E-state index in [1.54, 1.807) is 0 Å². The Bertz CT molecular complexity index is 360. The van der Waals surface area contributed by atoms with Crippen molar-refractivity contribution < 1.29 is 13.2 Å². The van der Waals surface area contributed by atoms with Crippen LogP contribution in [0.4, 0.5) is 13.2 Å². The Hall–Kier alpha value is -0.850. The fraction of sp³-hybridized carbons (Fsp3) is 0.333. The first-order chi connectivity index (χ1) is 5.88. The largest absolute Gasteiger partial charge is 0.406 e. The first kappa shape index (κ1) is 10.2. The fourth-order valence-electron chi connectivity index (χ4n) is 0.735. The Labute approximate surface area is 79.3 Å². The Morgan fingerprint density at radius 2 is 2.15 bits per heavy atom. The number of hydrogen-bond acceptors (Lipinski definition) is 2. The van der Waals surface area contributed by atoms with Gasteiger partial charge in [0.2, 0.25) is 0 Å². The molecule has 3 nitrogen and oxygen atoms in total. The smallest absolute Gasteiger partial charge is 0.289 e. The number of alkyl halides is 3. The van der Waals surface area contributed by atoms with Gasteiger partial charge in [0.15, 0.2) is 0 Å². The molecule has 1 aromatic heterocycles. The van der Waals surface area contributed by atoms with Gasteiger partial charge in [0.25, 0.3) is 0 Å². The fourth-order valence-corrected chi connectivity index (χ4v) is 1.08. The molecule has 0 N–H and O–H groups in total. The quantitative estimate of drug-likeness (QED) is 0.765. The summed E-state index contributed by atoms with van der Waals surface area (Å²) in [6.45, 7) is -1.32. The molecule has 1 aromatic rings. The van der Waals surface area contributed by atoms with Crippen LogP contribution in [0.15, 0.2) is 21.7 Å². The van der Waals surface area contributed by atoms with Gasteiger partial charge >= 0.3 is 11.9 Å². The van der Waals surface area contributed by atoms with Gasteiger partial charge in [0.1, 0.15) is 6.54 Å². The van der Waals surface area contributed by atoms with Gasteiger partial charge < -0.3 is 0 Å². The zero-order valence-corrected chi connectivity index (χ0v) is 7.76. The maximum absolute atomic E-state index is 11.9. The van der Waals surface area contributed by atoms with E-state index >= 15 is 0 Å². The molecule has 0 saturated carbocycles. The van der Waals surface area contributed by atoms with E-state index < -0.39 is 18.4 Å². The highest BCUT2D eigenvalue weighted by molar-refractivity contribution is 9.10. The zero-order chi connectivity index (χ0) is 10.1. The maximum Gasteiger partial charge on any atom is 0.406 e. The van der Waals surface area contributed by atoms with Gasteiger partial charge in [-0.25, -0.2) is 9.78 Å². The van der Waals surface area contributed by atoms with E-state index in [9.17, 15) is 18.0 Å². The average molecular weight is 257 g/mol. The van der Waals surface area contributed by atoms with E-state index in [-0.39, 0.29) is 0 Å². The highest BCUT2D eigenvalue weighted by Gasteiger charge is 2.28. The highest BCUT2D eigenvalue weighted by atomic mass is 79.9. The summed E-state index contributed by atoms with van der Waals surface area (Å²) >= 11 is 2.91.